The molecule has 0 amide bonds. The summed E-state index contributed by atoms with van der Waals surface area (Å²) in [5, 5.41) is 8.35. The highest BCUT2D eigenvalue weighted by Crippen LogP contribution is 2.39. The number of sulfonamides is 1. The summed E-state index contributed by atoms with van der Waals surface area (Å²) in [6, 6.07) is 9.48. The number of pyridine rings is 1. The number of hydrogen-bond acceptors (Lipinski definition) is 8. The Bertz CT molecular complexity index is 1310. The van der Waals surface area contributed by atoms with Crippen LogP contribution in [0.4, 0.5) is 16.0 Å². The van der Waals surface area contributed by atoms with Gasteiger partial charge in [-0.3, -0.25) is 4.31 Å². The van der Waals surface area contributed by atoms with E-state index < -0.39 is 15.6 Å². The lowest BCUT2D eigenvalue weighted by molar-refractivity contribution is 0.355. The van der Waals surface area contributed by atoms with Gasteiger partial charge in [0.25, 0.3) is 0 Å². The maximum absolute atomic E-state index is 13.3. The van der Waals surface area contributed by atoms with E-state index in [1.54, 1.807) is 31.2 Å². The number of nitrogens with two attached hydrogens (primary N) is 1. The van der Waals surface area contributed by atoms with Crippen molar-refractivity contribution in [3.8, 4) is 11.5 Å². The minimum atomic E-state index is -3.53. The van der Waals surface area contributed by atoms with Crippen LogP contribution in [-0.4, -0.2) is 50.5 Å². The van der Waals surface area contributed by atoms with Crippen molar-refractivity contribution in [2.45, 2.75) is 32.2 Å². The fraction of sp³-hybridized carbons (Fsp3) is 0.458. The first-order valence-electron chi connectivity index (χ1n) is 11.4. The number of hydrogen-bond donors (Lipinski definition) is 1. The zero-order valence-electron chi connectivity index (χ0n) is 20.6. The lowest BCUT2D eigenvalue weighted by atomic mass is 9.94. The quantitative estimate of drug-likeness (QED) is 0.474. The van der Waals surface area contributed by atoms with Crippen LogP contribution in [0, 0.1) is 17.7 Å². The largest absolute Gasteiger partial charge is 0.419 e. The standard InChI is InChI=1S/C24H31FN6O3S/c1-15-10-18(15)14-30(3)20-11-17(12-21(27-20)31(4)35(5,32)33)22-28-29-23(34-22)24(2,26)13-16-6-8-19(25)9-7-16/h6-9,11-12,15,18H,10,13-14,26H2,1-5H3. The predicted octanol–water partition coefficient (Wildman–Crippen LogP) is 3.18. The van der Waals surface area contributed by atoms with Gasteiger partial charge in [0.1, 0.15) is 17.5 Å². The Kier molecular flexibility index (Phi) is 6.58. The van der Waals surface area contributed by atoms with Gasteiger partial charge in [-0.15, -0.1) is 10.2 Å². The van der Waals surface area contributed by atoms with Gasteiger partial charge >= 0.3 is 0 Å². The highest BCUT2D eigenvalue weighted by Gasteiger charge is 2.34. The molecular weight excluding hydrogens is 471 g/mol. The fourth-order valence-corrected chi connectivity index (χ4v) is 4.36. The molecular formula is C24H31FN6O3S. The van der Waals surface area contributed by atoms with Crippen molar-refractivity contribution in [2.75, 3.05) is 36.1 Å². The molecule has 2 N–H and O–H groups in total. The number of anilines is 2. The summed E-state index contributed by atoms with van der Waals surface area (Å²) in [7, 11) is -0.151. The Balaban J connectivity index is 1.66. The maximum atomic E-state index is 13.3. The lowest BCUT2D eigenvalue weighted by Gasteiger charge is -2.22. The molecule has 1 aliphatic carbocycles. The fourth-order valence-electron chi connectivity index (χ4n) is 3.92. The molecule has 0 bridgehead atoms. The lowest BCUT2D eigenvalue weighted by Crippen LogP contribution is -2.35. The van der Waals surface area contributed by atoms with Crippen molar-refractivity contribution in [1.82, 2.24) is 15.2 Å². The van der Waals surface area contributed by atoms with Crippen LogP contribution in [-0.2, 0) is 22.0 Å². The van der Waals surface area contributed by atoms with Gasteiger partial charge in [0, 0.05) is 26.2 Å². The van der Waals surface area contributed by atoms with Gasteiger partial charge in [-0.2, -0.15) is 0 Å². The van der Waals surface area contributed by atoms with E-state index in [0.717, 1.165) is 29.1 Å². The monoisotopic (exact) mass is 502 g/mol. The van der Waals surface area contributed by atoms with Crippen molar-refractivity contribution in [3.63, 3.8) is 0 Å². The smallest absolute Gasteiger partial charge is 0.248 e. The van der Waals surface area contributed by atoms with Crippen LogP contribution < -0.4 is 14.9 Å². The van der Waals surface area contributed by atoms with Gasteiger partial charge in [-0.1, -0.05) is 19.1 Å². The SMILES string of the molecule is CC1CC1CN(C)c1cc(-c2nnc(C(C)(N)Cc3ccc(F)cc3)o2)cc(N(C)S(C)(=O)=O)n1. The molecule has 1 saturated carbocycles. The van der Waals surface area contributed by atoms with Crippen LogP contribution in [0.2, 0.25) is 0 Å². The zero-order valence-corrected chi connectivity index (χ0v) is 21.4. The molecule has 2 heterocycles. The normalized spacial score (nSPS) is 19.3. The molecule has 4 rings (SSSR count). The van der Waals surface area contributed by atoms with E-state index in [0.29, 0.717) is 29.6 Å². The van der Waals surface area contributed by atoms with Crippen molar-refractivity contribution < 1.29 is 17.2 Å². The molecule has 3 atom stereocenters. The minimum Gasteiger partial charge on any atom is -0.419 e. The zero-order chi connectivity index (χ0) is 25.5. The number of rotatable bonds is 9. The van der Waals surface area contributed by atoms with Gasteiger partial charge in [-0.25, -0.2) is 17.8 Å². The van der Waals surface area contributed by atoms with E-state index in [4.69, 9.17) is 10.2 Å². The Morgan fingerprint density at radius 1 is 1.17 bits per heavy atom. The maximum Gasteiger partial charge on any atom is 0.248 e. The first-order valence-corrected chi connectivity index (χ1v) is 13.2. The summed E-state index contributed by atoms with van der Waals surface area (Å²) < 4.78 is 44.7. The average Bonchev–Trinajstić information content (AvgIpc) is 3.25. The van der Waals surface area contributed by atoms with Crippen molar-refractivity contribution in [1.29, 1.82) is 0 Å². The summed E-state index contributed by atoms with van der Waals surface area (Å²) in [5.41, 5.74) is 6.86. The van der Waals surface area contributed by atoms with E-state index in [-0.39, 0.29) is 23.4 Å². The van der Waals surface area contributed by atoms with E-state index in [1.807, 2.05) is 11.9 Å². The van der Waals surface area contributed by atoms with Crippen LogP contribution in [0.25, 0.3) is 11.5 Å². The number of aromatic nitrogens is 3. The Labute approximate surface area is 205 Å². The first-order chi connectivity index (χ1) is 16.3. The third-order valence-electron chi connectivity index (χ3n) is 6.44. The molecule has 3 aromatic rings. The minimum absolute atomic E-state index is 0.204. The van der Waals surface area contributed by atoms with E-state index >= 15 is 0 Å². The van der Waals surface area contributed by atoms with Gasteiger partial charge in [0.05, 0.1) is 11.8 Å². The molecule has 2 aromatic heterocycles. The molecule has 1 aliphatic rings. The van der Waals surface area contributed by atoms with Crippen molar-refractivity contribution >= 4 is 21.7 Å². The Hall–Kier alpha value is -3.05. The third kappa shape index (κ3) is 5.79. The van der Waals surface area contributed by atoms with Crippen molar-refractivity contribution in [3.05, 3.63) is 53.7 Å². The summed E-state index contributed by atoms with van der Waals surface area (Å²) in [6.07, 6.45) is 2.65. The molecule has 0 saturated heterocycles. The summed E-state index contributed by atoms with van der Waals surface area (Å²) in [5.74, 6) is 2.20. The van der Waals surface area contributed by atoms with Crippen LogP contribution >= 0.6 is 0 Å². The molecule has 188 valence electrons. The second kappa shape index (κ2) is 9.19. The molecule has 35 heavy (non-hydrogen) atoms. The second-order valence-electron chi connectivity index (χ2n) is 9.79. The molecule has 3 unspecified atom stereocenters. The Morgan fingerprint density at radius 3 is 2.40 bits per heavy atom. The molecule has 0 spiro atoms. The molecule has 11 heteroatoms. The summed E-state index contributed by atoms with van der Waals surface area (Å²) in [6.45, 7) is 4.79. The summed E-state index contributed by atoms with van der Waals surface area (Å²) >= 11 is 0. The number of nitrogens with zero attached hydrogens (tertiary/aromatic N) is 5. The molecule has 9 nitrogen and oxygen atoms in total. The van der Waals surface area contributed by atoms with Gasteiger partial charge in [0.2, 0.25) is 21.8 Å². The second-order valence-corrected chi connectivity index (χ2v) is 11.8. The number of benzene rings is 1. The predicted molar refractivity (Wildman–Crippen MR) is 133 cm³/mol. The van der Waals surface area contributed by atoms with E-state index in [1.165, 1.54) is 19.2 Å². The molecule has 1 aromatic carbocycles. The van der Waals surface area contributed by atoms with E-state index in [2.05, 4.69) is 22.1 Å². The van der Waals surface area contributed by atoms with Crippen LogP contribution in [0.15, 0.2) is 40.8 Å². The topological polar surface area (TPSA) is 118 Å². The van der Waals surface area contributed by atoms with E-state index in [9.17, 15) is 12.8 Å². The van der Waals surface area contributed by atoms with Gasteiger partial charge in [0.15, 0.2) is 0 Å². The summed E-state index contributed by atoms with van der Waals surface area (Å²) in [4.78, 5) is 6.59. The van der Waals surface area contributed by atoms with Crippen LogP contribution in [0.1, 0.15) is 31.7 Å². The van der Waals surface area contributed by atoms with Crippen molar-refractivity contribution in [2.24, 2.45) is 17.6 Å². The van der Waals surface area contributed by atoms with Crippen LogP contribution in [0.5, 0.6) is 0 Å². The Morgan fingerprint density at radius 2 is 1.80 bits per heavy atom. The number of halogens is 1. The molecule has 0 radical (unpaired) electrons. The average molecular weight is 503 g/mol. The highest BCUT2D eigenvalue weighted by molar-refractivity contribution is 7.92. The molecule has 1 fully saturated rings. The van der Waals surface area contributed by atoms with Gasteiger partial charge < -0.3 is 15.1 Å². The highest BCUT2D eigenvalue weighted by atomic mass is 32.2. The first kappa shape index (κ1) is 25.1. The van der Waals surface area contributed by atoms with Crippen LogP contribution in [0.3, 0.4) is 0 Å². The third-order valence-corrected chi connectivity index (χ3v) is 7.62. The molecule has 0 aliphatic heterocycles. The van der Waals surface area contributed by atoms with Gasteiger partial charge in [-0.05, 0) is 61.4 Å².